The van der Waals surface area contributed by atoms with Crippen LogP contribution in [-0.2, 0) is 10.5 Å². The molecule has 1 heterocycles. The van der Waals surface area contributed by atoms with Gasteiger partial charge in [-0.3, -0.25) is 10.1 Å². The highest BCUT2D eigenvalue weighted by molar-refractivity contribution is 8.00. The fourth-order valence-corrected chi connectivity index (χ4v) is 3.44. The maximum Gasteiger partial charge on any atom is 0.239 e. The number of carbonyl (C=O) groups is 1. The lowest BCUT2D eigenvalue weighted by molar-refractivity contribution is -0.115. The molecule has 0 spiro atoms. The first-order valence-corrected chi connectivity index (χ1v) is 9.12. The van der Waals surface area contributed by atoms with Gasteiger partial charge in [-0.25, -0.2) is 0 Å². The van der Waals surface area contributed by atoms with E-state index in [1.807, 2.05) is 31.4 Å². The largest absolute Gasteiger partial charge is 0.300 e. The monoisotopic (exact) mass is 325 g/mol. The van der Waals surface area contributed by atoms with E-state index in [4.69, 9.17) is 0 Å². The van der Waals surface area contributed by atoms with Gasteiger partial charge >= 0.3 is 0 Å². The molecule has 0 aliphatic carbocycles. The number of rotatable bonds is 6. The predicted molar refractivity (Wildman–Crippen MR) is 87.5 cm³/mol. The van der Waals surface area contributed by atoms with E-state index in [2.05, 4.69) is 27.6 Å². The van der Waals surface area contributed by atoms with E-state index in [1.165, 1.54) is 28.7 Å². The van der Waals surface area contributed by atoms with E-state index in [0.717, 1.165) is 10.1 Å². The van der Waals surface area contributed by atoms with Gasteiger partial charge in [0.1, 0.15) is 0 Å². The number of benzene rings is 1. The Morgan fingerprint density at radius 2 is 2.10 bits per heavy atom. The van der Waals surface area contributed by atoms with Crippen LogP contribution in [0.25, 0.3) is 0 Å². The maximum atomic E-state index is 12.0. The Bertz CT molecular complexity index is 559. The lowest BCUT2D eigenvalue weighted by Gasteiger charge is -2.10. The maximum absolute atomic E-state index is 12.0. The molecule has 7 heteroatoms. The topological polar surface area (TPSA) is 54.9 Å². The lowest BCUT2D eigenvalue weighted by Crippen LogP contribution is -2.22. The third-order valence-electron chi connectivity index (χ3n) is 2.52. The van der Waals surface area contributed by atoms with Gasteiger partial charge in [0.2, 0.25) is 11.0 Å². The number of amides is 1. The van der Waals surface area contributed by atoms with Crippen LogP contribution in [-0.4, -0.2) is 27.6 Å². The van der Waals surface area contributed by atoms with Gasteiger partial charge in [-0.05, 0) is 18.7 Å². The summed E-state index contributed by atoms with van der Waals surface area (Å²) in [5, 5.41) is 11.1. The number of anilines is 1. The molecule has 4 nitrogen and oxygen atoms in total. The smallest absolute Gasteiger partial charge is 0.239 e. The summed E-state index contributed by atoms with van der Waals surface area (Å²) >= 11 is 4.52. The normalized spacial score (nSPS) is 12.1. The summed E-state index contributed by atoms with van der Waals surface area (Å²) in [6, 6.07) is 10.1. The Balaban J connectivity index is 1.82. The van der Waals surface area contributed by atoms with Crippen molar-refractivity contribution >= 4 is 45.9 Å². The molecule has 1 N–H and O–H groups in total. The summed E-state index contributed by atoms with van der Waals surface area (Å²) < 4.78 is 0.852. The van der Waals surface area contributed by atoms with Crippen LogP contribution in [0.15, 0.2) is 34.7 Å². The first-order valence-electron chi connectivity index (χ1n) is 6.03. The average molecular weight is 325 g/mol. The van der Waals surface area contributed by atoms with Crippen molar-refractivity contribution in [3.8, 4) is 0 Å². The molecule has 0 saturated heterocycles. The molecule has 0 saturated carbocycles. The zero-order valence-corrected chi connectivity index (χ0v) is 13.6. The van der Waals surface area contributed by atoms with E-state index in [1.54, 1.807) is 11.8 Å². The van der Waals surface area contributed by atoms with E-state index in [0.29, 0.717) is 5.13 Å². The second kappa shape index (κ2) is 7.66. The molecule has 2 aromatic rings. The average Bonchev–Trinajstić information content (AvgIpc) is 2.93. The minimum atomic E-state index is -0.128. The third kappa shape index (κ3) is 4.50. The SMILES string of the molecule is CSc1nnc(NC(=O)[C@H](C)SCc2ccccc2)s1. The Hall–Kier alpha value is -1.05. The van der Waals surface area contributed by atoms with Gasteiger partial charge in [0, 0.05) is 5.75 Å². The second-order valence-electron chi connectivity index (χ2n) is 4.01. The summed E-state index contributed by atoms with van der Waals surface area (Å²) in [4.78, 5) is 12.0. The molecule has 2 rings (SSSR count). The van der Waals surface area contributed by atoms with Crippen LogP contribution in [0, 0.1) is 0 Å². The molecular weight excluding hydrogens is 310 g/mol. The molecule has 0 bridgehead atoms. The predicted octanol–water partition coefficient (Wildman–Crippen LogP) is 3.52. The Morgan fingerprint density at radius 1 is 1.35 bits per heavy atom. The van der Waals surface area contributed by atoms with Crippen molar-refractivity contribution in [2.45, 2.75) is 22.3 Å². The lowest BCUT2D eigenvalue weighted by atomic mass is 10.2. The number of hydrogen-bond donors (Lipinski definition) is 1. The first kappa shape index (κ1) is 15.3. The summed E-state index contributed by atoms with van der Waals surface area (Å²) in [5.74, 6) is 0.788. The van der Waals surface area contributed by atoms with Crippen LogP contribution < -0.4 is 5.32 Å². The zero-order valence-electron chi connectivity index (χ0n) is 11.2. The molecule has 0 radical (unpaired) electrons. The van der Waals surface area contributed by atoms with Crippen molar-refractivity contribution in [2.24, 2.45) is 0 Å². The molecule has 0 fully saturated rings. The fraction of sp³-hybridized carbons (Fsp3) is 0.308. The number of thioether (sulfide) groups is 2. The molecule has 1 aromatic heterocycles. The minimum absolute atomic E-state index is 0.0327. The molecule has 1 amide bonds. The minimum Gasteiger partial charge on any atom is -0.300 e. The van der Waals surface area contributed by atoms with Crippen molar-refractivity contribution in [1.82, 2.24) is 10.2 Å². The van der Waals surface area contributed by atoms with Gasteiger partial charge in [0.25, 0.3) is 0 Å². The van der Waals surface area contributed by atoms with E-state index >= 15 is 0 Å². The number of hydrogen-bond acceptors (Lipinski definition) is 6. The van der Waals surface area contributed by atoms with Crippen LogP contribution in [0.3, 0.4) is 0 Å². The second-order valence-corrected chi connectivity index (χ2v) is 7.37. The first-order chi connectivity index (χ1) is 9.69. The standard InChI is InChI=1S/C13H15N3OS3/c1-9(19-8-10-6-4-3-5-7-10)11(17)14-12-15-16-13(18-2)20-12/h3-7,9H,8H2,1-2H3,(H,14,15,17)/t9-/m0/s1. The highest BCUT2D eigenvalue weighted by Crippen LogP contribution is 2.24. The van der Waals surface area contributed by atoms with Gasteiger partial charge in [-0.1, -0.05) is 53.4 Å². The number of aromatic nitrogens is 2. The quantitative estimate of drug-likeness (QED) is 0.650. The molecule has 20 heavy (non-hydrogen) atoms. The van der Waals surface area contributed by atoms with Crippen LogP contribution in [0.1, 0.15) is 12.5 Å². The van der Waals surface area contributed by atoms with Gasteiger partial charge in [0.05, 0.1) is 5.25 Å². The highest BCUT2D eigenvalue weighted by atomic mass is 32.2. The van der Waals surface area contributed by atoms with E-state index < -0.39 is 0 Å². The van der Waals surface area contributed by atoms with Crippen molar-refractivity contribution in [2.75, 3.05) is 11.6 Å². The van der Waals surface area contributed by atoms with Gasteiger partial charge in [0.15, 0.2) is 4.34 Å². The Labute approximate surface area is 130 Å². The Morgan fingerprint density at radius 3 is 2.75 bits per heavy atom. The Kier molecular flexibility index (Phi) is 5.87. The zero-order chi connectivity index (χ0) is 14.4. The van der Waals surface area contributed by atoms with Crippen molar-refractivity contribution in [1.29, 1.82) is 0 Å². The summed E-state index contributed by atoms with van der Waals surface area (Å²) in [5.41, 5.74) is 1.22. The molecule has 1 atom stereocenters. The molecule has 106 valence electrons. The molecule has 0 aliphatic heterocycles. The van der Waals surface area contributed by atoms with E-state index in [-0.39, 0.29) is 11.2 Å². The third-order valence-corrected chi connectivity index (χ3v) is 5.55. The molecule has 1 aromatic carbocycles. The van der Waals surface area contributed by atoms with Gasteiger partial charge in [-0.2, -0.15) is 0 Å². The van der Waals surface area contributed by atoms with Crippen LogP contribution in [0.5, 0.6) is 0 Å². The fourth-order valence-electron chi connectivity index (χ4n) is 1.42. The molecule has 0 unspecified atom stereocenters. The number of carbonyl (C=O) groups excluding carboxylic acids is 1. The molecular formula is C13H15N3OS3. The molecule has 0 aliphatic rings. The van der Waals surface area contributed by atoms with Crippen LogP contribution >= 0.6 is 34.9 Å². The summed E-state index contributed by atoms with van der Waals surface area (Å²) in [7, 11) is 0. The van der Waals surface area contributed by atoms with Gasteiger partial charge < -0.3 is 0 Å². The van der Waals surface area contributed by atoms with Crippen molar-refractivity contribution in [3.63, 3.8) is 0 Å². The van der Waals surface area contributed by atoms with Crippen LogP contribution in [0.4, 0.5) is 5.13 Å². The van der Waals surface area contributed by atoms with Crippen molar-refractivity contribution in [3.05, 3.63) is 35.9 Å². The van der Waals surface area contributed by atoms with Crippen molar-refractivity contribution < 1.29 is 4.79 Å². The summed E-state index contributed by atoms with van der Waals surface area (Å²) in [6.45, 7) is 1.90. The van der Waals surface area contributed by atoms with E-state index in [9.17, 15) is 4.79 Å². The number of nitrogens with zero attached hydrogens (tertiary/aromatic N) is 2. The number of nitrogens with one attached hydrogen (secondary N) is 1. The van der Waals surface area contributed by atoms with Gasteiger partial charge in [-0.15, -0.1) is 22.0 Å². The highest BCUT2D eigenvalue weighted by Gasteiger charge is 2.15. The van der Waals surface area contributed by atoms with Crippen LogP contribution in [0.2, 0.25) is 0 Å². The summed E-state index contributed by atoms with van der Waals surface area (Å²) in [6.07, 6.45) is 1.93.